The molecule has 3 N–H and O–H groups in total. The number of aliphatic carboxylic acids is 1. The van der Waals surface area contributed by atoms with E-state index in [-0.39, 0.29) is 23.4 Å². The number of carboxylic acid groups (broad SMARTS) is 1. The molecule has 0 amide bonds. The second kappa shape index (κ2) is 12.6. The van der Waals surface area contributed by atoms with E-state index in [4.69, 9.17) is 5.11 Å². The van der Waals surface area contributed by atoms with Gasteiger partial charge in [0.1, 0.15) is 0 Å². The Labute approximate surface area is 237 Å². The standard InChI is InChI=1S/C32H40N2O5S/c1-32(2,20-24-18-27-8-4-5-9-28(27)19-24)33-21-29(35)22-34(3)40(38,39)30-14-12-25(13-15-30)26-10-6-7-23(17-26)11-16-31(36)37/h4-10,12-15,17,24,29,33,35H,11,16,18-22H2,1-3H3,(H,36,37)/t29-/m1/s1. The highest BCUT2D eigenvalue weighted by Gasteiger charge is 2.29. The van der Waals surface area contributed by atoms with Gasteiger partial charge in [-0.15, -0.1) is 0 Å². The van der Waals surface area contributed by atoms with E-state index in [1.807, 2.05) is 24.3 Å². The minimum atomic E-state index is -3.78. The third kappa shape index (κ3) is 7.79. The molecule has 0 spiro atoms. The van der Waals surface area contributed by atoms with Gasteiger partial charge in [-0.05, 0) is 85.4 Å². The fourth-order valence-electron chi connectivity index (χ4n) is 5.60. The number of aliphatic hydroxyl groups excluding tert-OH is 1. The maximum atomic E-state index is 13.2. The molecule has 3 aromatic rings. The number of nitrogens with zero attached hydrogens (tertiary/aromatic N) is 1. The van der Waals surface area contributed by atoms with Gasteiger partial charge < -0.3 is 15.5 Å². The number of nitrogens with one attached hydrogen (secondary N) is 1. The minimum Gasteiger partial charge on any atom is -0.481 e. The molecular formula is C32H40N2O5S. The molecule has 0 unspecified atom stereocenters. The summed E-state index contributed by atoms with van der Waals surface area (Å²) in [6, 6.07) is 22.8. The molecule has 1 aliphatic rings. The molecule has 0 fully saturated rings. The van der Waals surface area contributed by atoms with Crippen LogP contribution in [0, 0.1) is 5.92 Å². The monoisotopic (exact) mass is 564 g/mol. The average molecular weight is 565 g/mol. The van der Waals surface area contributed by atoms with Crippen LogP contribution in [-0.4, -0.2) is 60.7 Å². The molecule has 214 valence electrons. The van der Waals surface area contributed by atoms with Crippen LogP contribution < -0.4 is 5.32 Å². The molecule has 7 nitrogen and oxygen atoms in total. The second-order valence-electron chi connectivity index (χ2n) is 11.6. The summed E-state index contributed by atoms with van der Waals surface area (Å²) in [5.74, 6) is -0.292. The van der Waals surface area contributed by atoms with Crippen LogP contribution in [0.15, 0.2) is 77.7 Å². The summed E-state index contributed by atoms with van der Waals surface area (Å²) in [5, 5.41) is 23.1. The summed E-state index contributed by atoms with van der Waals surface area (Å²) in [5.41, 5.74) is 5.31. The van der Waals surface area contributed by atoms with Crippen LogP contribution in [0.25, 0.3) is 11.1 Å². The van der Waals surface area contributed by atoms with E-state index in [1.165, 1.54) is 22.5 Å². The lowest BCUT2D eigenvalue weighted by molar-refractivity contribution is -0.136. The van der Waals surface area contributed by atoms with Gasteiger partial charge in [0.2, 0.25) is 10.0 Å². The van der Waals surface area contributed by atoms with E-state index in [2.05, 4.69) is 43.4 Å². The largest absolute Gasteiger partial charge is 0.481 e. The third-order valence-corrected chi connectivity index (χ3v) is 9.51. The number of benzene rings is 3. The average Bonchev–Trinajstić information content (AvgIpc) is 3.32. The van der Waals surface area contributed by atoms with E-state index in [0.29, 0.717) is 18.9 Å². The van der Waals surface area contributed by atoms with Crippen LogP contribution in [-0.2, 0) is 34.1 Å². The number of aliphatic hydroxyl groups is 1. The highest BCUT2D eigenvalue weighted by Crippen LogP contribution is 2.32. The second-order valence-corrected chi connectivity index (χ2v) is 13.6. The molecule has 3 aromatic carbocycles. The topological polar surface area (TPSA) is 107 Å². The van der Waals surface area contributed by atoms with Crippen molar-refractivity contribution in [2.45, 2.75) is 62.5 Å². The van der Waals surface area contributed by atoms with Crippen LogP contribution >= 0.6 is 0 Å². The zero-order valence-corrected chi connectivity index (χ0v) is 24.3. The number of β-amino-alcohol motifs (C(OH)–C–C–N with tert-alkyl or cyclic N) is 1. The van der Waals surface area contributed by atoms with Gasteiger partial charge in [0.15, 0.2) is 0 Å². The summed E-state index contributed by atoms with van der Waals surface area (Å²) in [7, 11) is -2.30. The third-order valence-electron chi connectivity index (χ3n) is 7.67. The molecule has 0 saturated carbocycles. The van der Waals surface area contributed by atoms with Crippen LogP contribution in [0.1, 0.15) is 43.4 Å². The van der Waals surface area contributed by atoms with E-state index >= 15 is 0 Å². The summed E-state index contributed by atoms with van der Waals surface area (Å²) >= 11 is 0. The number of carbonyl (C=O) groups is 1. The first-order valence-electron chi connectivity index (χ1n) is 13.8. The molecule has 0 radical (unpaired) electrons. The van der Waals surface area contributed by atoms with Crippen molar-refractivity contribution < 1.29 is 23.4 Å². The molecule has 0 aliphatic heterocycles. The highest BCUT2D eigenvalue weighted by atomic mass is 32.2. The van der Waals surface area contributed by atoms with Crippen molar-refractivity contribution >= 4 is 16.0 Å². The predicted octanol–water partition coefficient (Wildman–Crippen LogP) is 4.53. The molecule has 40 heavy (non-hydrogen) atoms. The van der Waals surface area contributed by atoms with Gasteiger partial charge >= 0.3 is 5.97 Å². The smallest absolute Gasteiger partial charge is 0.303 e. The zero-order chi connectivity index (χ0) is 28.9. The molecule has 0 saturated heterocycles. The van der Waals surface area contributed by atoms with Gasteiger partial charge in [-0.2, -0.15) is 4.31 Å². The Kier molecular flexibility index (Phi) is 9.46. The molecule has 1 atom stereocenters. The molecule has 1 aliphatic carbocycles. The van der Waals surface area contributed by atoms with Crippen molar-refractivity contribution in [1.29, 1.82) is 0 Å². The van der Waals surface area contributed by atoms with Crippen LogP contribution in [0.3, 0.4) is 0 Å². The minimum absolute atomic E-state index is 0.0202. The quantitative estimate of drug-likeness (QED) is 0.282. The zero-order valence-electron chi connectivity index (χ0n) is 23.5. The van der Waals surface area contributed by atoms with E-state index in [9.17, 15) is 18.3 Å². The van der Waals surface area contributed by atoms with Gasteiger partial charge in [-0.3, -0.25) is 4.79 Å². The van der Waals surface area contributed by atoms with E-state index in [0.717, 1.165) is 36.0 Å². The maximum Gasteiger partial charge on any atom is 0.303 e. The van der Waals surface area contributed by atoms with Crippen molar-refractivity contribution in [3.63, 3.8) is 0 Å². The highest BCUT2D eigenvalue weighted by molar-refractivity contribution is 7.89. The Balaban J connectivity index is 1.30. The summed E-state index contributed by atoms with van der Waals surface area (Å²) < 4.78 is 27.6. The van der Waals surface area contributed by atoms with E-state index in [1.54, 1.807) is 24.3 Å². The van der Waals surface area contributed by atoms with Crippen molar-refractivity contribution in [2.24, 2.45) is 5.92 Å². The molecule has 0 bridgehead atoms. The first kappa shape index (κ1) is 29.9. The molecule has 0 heterocycles. The Morgan fingerprint density at radius 1 is 1.00 bits per heavy atom. The number of sulfonamides is 1. The number of aryl methyl sites for hydroxylation is 1. The van der Waals surface area contributed by atoms with Crippen molar-refractivity contribution in [1.82, 2.24) is 9.62 Å². The molecule has 8 heteroatoms. The molecule has 0 aromatic heterocycles. The Morgan fingerprint density at radius 2 is 1.65 bits per heavy atom. The van der Waals surface area contributed by atoms with Gasteiger partial charge in [0.25, 0.3) is 0 Å². The van der Waals surface area contributed by atoms with Crippen molar-refractivity contribution in [3.8, 4) is 11.1 Å². The number of carboxylic acids is 1. The fourth-order valence-corrected chi connectivity index (χ4v) is 6.81. The predicted molar refractivity (Wildman–Crippen MR) is 158 cm³/mol. The normalized spacial score (nSPS) is 14.8. The van der Waals surface area contributed by atoms with Gasteiger partial charge in [-0.1, -0.05) is 60.7 Å². The number of hydrogen-bond acceptors (Lipinski definition) is 5. The molecular weight excluding hydrogens is 524 g/mol. The molecule has 4 rings (SSSR count). The Morgan fingerprint density at radius 3 is 2.27 bits per heavy atom. The van der Waals surface area contributed by atoms with Crippen LogP contribution in [0.2, 0.25) is 0 Å². The fraction of sp³-hybridized carbons (Fsp3) is 0.406. The van der Waals surface area contributed by atoms with Crippen LogP contribution in [0.5, 0.6) is 0 Å². The van der Waals surface area contributed by atoms with Crippen molar-refractivity contribution in [2.75, 3.05) is 20.1 Å². The SMILES string of the molecule is CN(C[C@H](O)CNC(C)(C)CC1Cc2ccccc2C1)S(=O)(=O)c1ccc(-c2cccc(CCC(=O)O)c2)cc1. The van der Waals surface area contributed by atoms with Gasteiger partial charge in [0, 0.05) is 32.1 Å². The Hall–Kier alpha value is -3.04. The van der Waals surface area contributed by atoms with E-state index < -0.39 is 22.1 Å². The number of fused-ring (bicyclic) bond motifs is 1. The maximum absolute atomic E-state index is 13.2. The summed E-state index contributed by atoms with van der Waals surface area (Å²) in [6.07, 6.45) is 2.74. The lowest BCUT2D eigenvalue weighted by Gasteiger charge is -2.31. The lowest BCUT2D eigenvalue weighted by Crippen LogP contribution is -2.47. The number of likely N-dealkylation sites (N-methyl/N-ethyl adjacent to an activating group) is 1. The summed E-state index contributed by atoms with van der Waals surface area (Å²) in [4.78, 5) is 11.0. The van der Waals surface area contributed by atoms with Crippen LogP contribution in [0.4, 0.5) is 0 Å². The lowest BCUT2D eigenvalue weighted by atomic mass is 9.88. The number of hydrogen-bond donors (Lipinski definition) is 3. The van der Waals surface area contributed by atoms with Gasteiger partial charge in [0.05, 0.1) is 11.0 Å². The Bertz CT molecular complexity index is 1390. The van der Waals surface area contributed by atoms with Gasteiger partial charge in [-0.25, -0.2) is 8.42 Å². The first-order chi connectivity index (χ1) is 18.9. The number of rotatable bonds is 13. The summed E-state index contributed by atoms with van der Waals surface area (Å²) in [6.45, 7) is 4.54. The first-order valence-corrected chi connectivity index (χ1v) is 15.2. The van der Waals surface area contributed by atoms with Crippen molar-refractivity contribution in [3.05, 3.63) is 89.5 Å².